The highest BCUT2D eigenvalue weighted by molar-refractivity contribution is 5.13. The summed E-state index contributed by atoms with van der Waals surface area (Å²) in [6.45, 7) is 2.37. The molecular weight excluding hydrogens is 96.1 g/mol. The van der Waals surface area contributed by atoms with Gasteiger partial charge in [0.1, 0.15) is 0 Å². The Morgan fingerprint density at radius 2 is 2.50 bits per heavy atom. The number of hydrogen-bond donors (Lipinski definition) is 0. The maximum absolute atomic E-state index is 2.40. The van der Waals surface area contributed by atoms with Crippen LogP contribution in [-0.4, -0.2) is 0 Å². The van der Waals surface area contributed by atoms with Crippen molar-refractivity contribution in [3.63, 3.8) is 0 Å². The first-order valence-electron chi connectivity index (χ1n) is 3.48. The zero-order valence-electron chi connectivity index (χ0n) is 5.35. The fraction of sp³-hybridized carbons (Fsp3) is 0.750. The highest BCUT2D eigenvalue weighted by Gasteiger charge is 2.36. The summed E-state index contributed by atoms with van der Waals surface area (Å²) in [5.74, 6) is 0.958. The average Bonchev–Trinajstić information content (AvgIpc) is 2.21. The standard InChI is InChI=1S/C8H12/c1-8-4-2-7(6-8)3-5-8/h2,4,7H,3,5-6H2,1H3/t7-,8+/m1/s1. The second kappa shape index (κ2) is 1.18. The van der Waals surface area contributed by atoms with Crippen molar-refractivity contribution in [2.24, 2.45) is 11.3 Å². The van der Waals surface area contributed by atoms with Gasteiger partial charge in [0.25, 0.3) is 0 Å². The number of fused-ring (bicyclic) bond motifs is 2. The minimum atomic E-state index is 0.630. The fourth-order valence-electron chi connectivity index (χ4n) is 2.00. The van der Waals surface area contributed by atoms with E-state index in [9.17, 15) is 0 Å². The van der Waals surface area contributed by atoms with Crippen LogP contribution in [0.1, 0.15) is 26.2 Å². The molecule has 0 nitrogen and oxygen atoms in total. The number of rotatable bonds is 0. The molecule has 0 heterocycles. The van der Waals surface area contributed by atoms with Crippen LogP contribution in [0.4, 0.5) is 0 Å². The van der Waals surface area contributed by atoms with Gasteiger partial charge in [-0.3, -0.25) is 0 Å². The third-order valence-corrected chi connectivity index (χ3v) is 2.59. The monoisotopic (exact) mass is 108 g/mol. The van der Waals surface area contributed by atoms with E-state index in [-0.39, 0.29) is 0 Å². The van der Waals surface area contributed by atoms with Crippen molar-refractivity contribution in [1.29, 1.82) is 0 Å². The molecule has 8 heavy (non-hydrogen) atoms. The Morgan fingerprint density at radius 1 is 1.62 bits per heavy atom. The number of hydrogen-bond acceptors (Lipinski definition) is 0. The normalized spacial score (nSPS) is 50.9. The molecule has 1 saturated carbocycles. The summed E-state index contributed by atoms with van der Waals surface area (Å²) in [5.41, 5.74) is 0.630. The van der Waals surface area contributed by atoms with Crippen molar-refractivity contribution in [3.8, 4) is 0 Å². The highest BCUT2D eigenvalue weighted by atomic mass is 14.4. The molecule has 2 atom stereocenters. The van der Waals surface area contributed by atoms with Crippen LogP contribution < -0.4 is 0 Å². The van der Waals surface area contributed by atoms with Gasteiger partial charge in [0.05, 0.1) is 0 Å². The molecule has 2 aliphatic carbocycles. The van der Waals surface area contributed by atoms with Crippen LogP contribution in [0.3, 0.4) is 0 Å². The van der Waals surface area contributed by atoms with E-state index in [0.29, 0.717) is 5.41 Å². The summed E-state index contributed by atoms with van der Waals surface area (Å²) in [6.07, 6.45) is 9.12. The SMILES string of the molecule is C[C@]12C=C[C@H](CC1)C2. The van der Waals surface area contributed by atoms with Crippen LogP contribution in [0.15, 0.2) is 12.2 Å². The Kier molecular flexibility index (Phi) is 0.677. The molecular formula is C8H12. The lowest BCUT2D eigenvalue weighted by Crippen LogP contribution is -2.02. The summed E-state index contributed by atoms with van der Waals surface area (Å²) < 4.78 is 0. The molecule has 0 aromatic rings. The predicted molar refractivity (Wildman–Crippen MR) is 34.6 cm³/mol. The second-order valence-electron chi connectivity index (χ2n) is 3.52. The molecule has 1 fully saturated rings. The van der Waals surface area contributed by atoms with Gasteiger partial charge in [0.15, 0.2) is 0 Å². The Labute approximate surface area is 50.6 Å². The van der Waals surface area contributed by atoms with Gasteiger partial charge >= 0.3 is 0 Å². The summed E-state index contributed by atoms with van der Waals surface area (Å²) in [5, 5.41) is 0. The zero-order chi connectivity index (χ0) is 5.61. The number of allylic oxidation sites excluding steroid dienone is 2. The molecule has 0 spiro atoms. The maximum Gasteiger partial charge on any atom is -0.0141 e. The van der Waals surface area contributed by atoms with Crippen LogP contribution in [0.2, 0.25) is 0 Å². The van der Waals surface area contributed by atoms with E-state index < -0.39 is 0 Å². The van der Waals surface area contributed by atoms with Crippen molar-refractivity contribution in [3.05, 3.63) is 12.2 Å². The highest BCUT2D eigenvalue weighted by Crippen LogP contribution is 2.48. The van der Waals surface area contributed by atoms with E-state index in [2.05, 4.69) is 19.1 Å². The van der Waals surface area contributed by atoms with Gasteiger partial charge in [-0.1, -0.05) is 19.1 Å². The molecule has 2 rings (SSSR count). The molecule has 0 aromatic carbocycles. The predicted octanol–water partition coefficient (Wildman–Crippen LogP) is 2.36. The average molecular weight is 108 g/mol. The minimum absolute atomic E-state index is 0.630. The molecule has 0 radical (unpaired) electrons. The van der Waals surface area contributed by atoms with Crippen molar-refractivity contribution < 1.29 is 0 Å². The molecule has 0 aliphatic heterocycles. The van der Waals surface area contributed by atoms with Gasteiger partial charge in [-0.15, -0.1) is 0 Å². The quantitative estimate of drug-likeness (QED) is 0.418. The van der Waals surface area contributed by atoms with E-state index in [1.807, 2.05) is 0 Å². The molecule has 0 aromatic heterocycles. The fourth-order valence-corrected chi connectivity index (χ4v) is 2.00. The lowest BCUT2D eigenvalue weighted by atomic mass is 9.91. The van der Waals surface area contributed by atoms with Gasteiger partial charge in [0.2, 0.25) is 0 Å². The summed E-state index contributed by atoms with van der Waals surface area (Å²) in [7, 11) is 0. The molecule has 0 heteroatoms. The molecule has 44 valence electrons. The summed E-state index contributed by atoms with van der Waals surface area (Å²) >= 11 is 0. The van der Waals surface area contributed by atoms with Crippen LogP contribution in [0.25, 0.3) is 0 Å². The molecule has 0 N–H and O–H groups in total. The zero-order valence-corrected chi connectivity index (χ0v) is 5.35. The molecule has 2 aliphatic rings. The second-order valence-corrected chi connectivity index (χ2v) is 3.52. The molecule has 0 amide bonds. The van der Waals surface area contributed by atoms with Crippen molar-refractivity contribution in [2.75, 3.05) is 0 Å². The van der Waals surface area contributed by atoms with E-state index in [1.54, 1.807) is 0 Å². The Bertz CT molecular complexity index is 135. The van der Waals surface area contributed by atoms with Crippen LogP contribution in [0.5, 0.6) is 0 Å². The van der Waals surface area contributed by atoms with Crippen LogP contribution >= 0.6 is 0 Å². The van der Waals surface area contributed by atoms with Crippen LogP contribution in [-0.2, 0) is 0 Å². The van der Waals surface area contributed by atoms with Crippen molar-refractivity contribution in [2.45, 2.75) is 26.2 Å². The van der Waals surface area contributed by atoms with Gasteiger partial charge in [-0.2, -0.15) is 0 Å². The third kappa shape index (κ3) is 0.460. The first-order chi connectivity index (χ1) is 3.79. The Balaban J connectivity index is 2.33. The summed E-state index contributed by atoms with van der Waals surface area (Å²) in [4.78, 5) is 0. The molecule has 2 bridgehead atoms. The largest absolute Gasteiger partial charge is 0.0848 e. The lowest BCUT2D eigenvalue weighted by Gasteiger charge is -2.14. The molecule has 0 unspecified atom stereocenters. The van der Waals surface area contributed by atoms with Crippen molar-refractivity contribution >= 4 is 0 Å². The summed E-state index contributed by atoms with van der Waals surface area (Å²) in [6, 6.07) is 0. The minimum Gasteiger partial charge on any atom is -0.0848 e. The van der Waals surface area contributed by atoms with E-state index >= 15 is 0 Å². The molecule has 0 saturated heterocycles. The first-order valence-corrected chi connectivity index (χ1v) is 3.48. The van der Waals surface area contributed by atoms with E-state index in [0.717, 1.165) is 5.92 Å². The van der Waals surface area contributed by atoms with Crippen molar-refractivity contribution in [1.82, 2.24) is 0 Å². The van der Waals surface area contributed by atoms with E-state index in [1.165, 1.54) is 19.3 Å². The Morgan fingerprint density at radius 3 is 2.62 bits per heavy atom. The Hall–Kier alpha value is -0.260. The van der Waals surface area contributed by atoms with E-state index in [4.69, 9.17) is 0 Å². The smallest absolute Gasteiger partial charge is 0.0141 e. The van der Waals surface area contributed by atoms with Crippen LogP contribution in [0, 0.1) is 11.3 Å². The third-order valence-electron chi connectivity index (χ3n) is 2.59. The lowest BCUT2D eigenvalue weighted by molar-refractivity contribution is 0.455. The topological polar surface area (TPSA) is 0 Å². The first kappa shape index (κ1) is 4.60. The van der Waals surface area contributed by atoms with Gasteiger partial charge in [-0.05, 0) is 30.6 Å². The van der Waals surface area contributed by atoms with Gasteiger partial charge in [-0.25, -0.2) is 0 Å². The van der Waals surface area contributed by atoms with Gasteiger partial charge < -0.3 is 0 Å². The van der Waals surface area contributed by atoms with Gasteiger partial charge in [0, 0.05) is 0 Å². The maximum atomic E-state index is 2.40.